The zero-order valence-corrected chi connectivity index (χ0v) is 14.3. The van der Waals surface area contributed by atoms with E-state index in [1.165, 1.54) is 12.7 Å². The summed E-state index contributed by atoms with van der Waals surface area (Å²) in [6.45, 7) is 1.85. The van der Waals surface area contributed by atoms with E-state index >= 15 is 0 Å². The van der Waals surface area contributed by atoms with Crippen LogP contribution in [0.1, 0.15) is 30.4 Å². The molecule has 3 rings (SSSR count). The molecule has 130 valence electrons. The van der Waals surface area contributed by atoms with Gasteiger partial charge in [-0.15, -0.1) is 0 Å². The van der Waals surface area contributed by atoms with E-state index in [2.05, 4.69) is 0 Å². The predicted molar refractivity (Wildman–Crippen MR) is 88.9 cm³/mol. The van der Waals surface area contributed by atoms with Gasteiger partial charge in [-0.1, -0.05) is 6.07 Å². The SMILES string of the molecule is COC(=O)N1CCCCC1C(=O)N1CCc2cc(OC)ccc2C1. The van der Waals surface area contributed by atoms with Gasteiger partial charge in [0.1, 0.15) is 11.8 Å². The molecule has 0 radical (unpaired) electrons. The lowest BCUT2D eigenvalue weighted by Gasteiger charge is -2.38. The third-order valence-electron chi connectivity index (χ3n) is 4.93. The van der Waals surface area contributed by atoms with E-state index in [9.17, 15) is 9.59 Å². The minimum Gasteiger partial charge on any atom is -0.497 e. The number of benzene rings is 1. The minimum atomic E-state index is -0.407. The number of rotatable bonds is 2. The fourth-order valence-electron chi connectivity index (χ4n) is 3.58. The van der Waals surface area contributed by atoms with Crippen molar-refractivity contribution in [2.24, 2.45) is 0 Å². The second-order valence-electron chi connectivity index (χ2n) is 6.32. The molecule has 6 nitrogen and oxygen atoms in total. The molecule has 1 unspecified atom stereocenters. The van der Waals surface area contributed by atoms with Crippen LogP contribution in [-0.4, -0.2) is 55.2 Å². The van der Waals surface area contributed by atoms with E-state index < -0.39 is 12.1 Å². The van der Waals surface area contributed by atoms with E-state index in [0.717, 1.165) is 30.6 Å². The van der Waals surface area contributed by atoms with Crippen LogP contribution < -0.4 is 4.74 Å². The molecule has 2 aliphatic rings. The summed E-state index contributed by atoms with van der Waals surface area (Å²) in [5.41, 5.74) is 2.38. The quantitative estimate of drug-likeness (QED) is 0.833. The molecule has 1 aromatic carbocycles. The molecule has 2 aliphatic heterocycles. The molecule has 1 saturated heterocycles. The molecule has 1 aromatic rings. The smallest absolute Gasteiger partial charge is 0.410 e. The maximum Gasteiger partial charge on any atom is 0.410 e. The number of carbonyl (C=O) groups is 2. The van der Waals surface area contributed by atoms with Crippen molar-refractivity contribution in [2.75, 3.05) is 27.3 Å². The molecular formula is C18H24N2O4. The Bertz CT molecular complexity index is 631. The second-order valence-corrected chi connectivity index (χ2v) is 6.32. The molecule has 0 spiro atoms. The van der Waals surface area contributed by atoms with E-state index in [1.807, 2.05) is 23.1 Å². The molecule has 1 atom stereocenters. The van der Waals surface area contributed by atoms with Gasteiger partial charge in [-0.05, 0) is 48.9 Å². The monoisotopic (exact) mass is 332 g/mol. The lowest BCUT2D eigenvalue weighted by atomic mass is 9.96. The largest absolute Gasteiger partial charge is 0.497 e. The second kappa shape index (κ2) is 7.11. The Morgan fingerprint density at radius 2 is 1.96 bits per heavy atom. The maximum absolute atomic E-state index is 13.0. The van der Waals surface area contributed by atoms with Crippen molar-refractivity contribution in [3.8, 4) is 5.75 Å². The number of likely N-dealkylation sites (tertiary alicyclic amines) is 1. The van der Waals surface area contributed by atoms with Gasteiger partial charge in [0.2, 0.25) is 5.91 Å². The van der Waals surface area contributed by atoms with Crippen molar-refractivity contribution in [3.63, 3.8) is 0 Å². The van der Waals surface area contributed by atoms with Gasteiger partial charge in [-0.2, -0.15) is 0 Å². The fraction of sp³-hybridized carbons (Fsp3) is 0.556. The maximum atomic E-state index is 13.0. The summed E-state index contributed by atoms with van der Waals surface area (Å²) < 4.78 is 10.1. The molecule has 2 heterocycles. The summed E-state index contributed by atoms with van der Waals surface area (Å²) in [6, 6.07) is 5.59. The standard InChI is InChI=1S/C18H24N2O4/c1-23-15-7-6-14-12-19(10-8-13(14)11-15)17(21)16-5-3-4-9-20(16)18(22)24-2/h6-7,11,16H,3-5,8-10,12H2,1-2H3. The first-order valence-electron chi connectivity index (χ1n) is 8.43. The predicted octanol–water partition coefficient (Wildman–Crippen LogP) is 2.20. The van der Waals surface area contributed by atoms with Gasteiger partial charge >= 0.3 is 6.09 Å². The molecule has 1 fully saturated rings. The van der Waals surface area contributed by atoms with Gasteiger partial charge in [0, 0.05) is 19.6 Å². The van der Waals surface area contributed by atoms with Gasteiger partial charge in [-0.25, -0.2) is 4.79 Å². The molecule has 0 aromatic heterocycles. The van der Waals surface area contributed by atoms with Crippen molar-refractivity contribution in [1.82, 2.24) is 9.80 Å². The summed E-state index contributed by atoms with van der Waals surface area (Å²) in [7, 11) is 3.02. The van der Waals surface area contributed by atoms with E-state index in [0.29, 0.717) is 26.1 Å². The molecule has 24 heavy (non-hydrogen) atoms. The molecule has 0 N–H and O–H groups in total. The lowest BCUT2D eigenvalue weighted by Crippen LogP contribution is -2.53. The molecular weight excluding hydrogens is 308 g/mol. The van der Waals surface area contributed by atoms with Crippen LogP contribution in [0, 0.1) is 0 Å². The average molecular weight is 332 g/mol. The Balaban J connectivity index is 1.74. The number of hydrogen-bond donors (Lipinski definition) is 0. The third kappa shape index (κ3) is 3.18. The number of ether oxygens (including phenoxy) is 2. The minimum absolute atomic E-state index is 0.0292. The number of hydrogen-bond acceptors (Lipinski definition) is 4. The summed E-state index contributed by atoms with van der Waals surface area (Å²) in [4.78, 5) is 28.4. The number of amides is 2. The average Bonchev–Trinajstić information content (AvgIpc) is 2.65. The zero-order chi connectivity index (χ0) is 17.1. The van der Waals surface area contributed by atoms with Crippen molar-refractivity contribution in [1.29, 1.82) is 0 Å². The van der Waals surface area contributed by atoms with Gasteiger partial charge in [0.25, 0.3) is 0 Å². The van der Waals surface area contributed by atoms with Crippen LogP contribution in [-0.2, 0) is 22.5 Å². The number of nitrogens with zero attached hydrogens (tertiary/aromatic N) is 2. The van der Waals surface area contributed by atoms with E-state index in [4.69, 9.17) is 9.47 Å². The number of carbonyl (C=O) groups excluding carboxylic acids is 2. The van der Waals surface area contributed by atoms with E-state index in [-0.39, 0.29) is 5.91 Å². The van der Waals surface area contributed by atoms with E-state index in [1.54, 1.807) is 12.0 Å². The zero-order valence-electron chi connectivity index (χ0n) is 14.3. The third-order valence-corrected chi connectivity index (χ3v) is 4.93. The highest BCUT2D eigenvalue weighted by Gasteiger charge is 2.36. The summed E-state index contributed by atoms with van der Waals surface area (Å²) in [5, 5.41) is 0. The van der Waals surface area contributed by atoms with Crippen molar-refractivity contribution in [2.45, 2.75) is 38.3 Å². The van der Waals surface area contributed by atoms with Crippen LogP contribution >= 0.6 is 0 Å². The highest BCUT2D eigenvalue weighted by atomic mass is 16.5. The Morgan fingerprint density at radius 1 is 1.12 bits per heavy atom. The van der Waals surface area contributed by atoms with Crippen LogP contribution in [0.5, 0.6) is 5.75 Å². The number of fused-ring (bicyclic) bond motifs is 1. The first-order valence-corrected chi connectivity index (χ1v) is 8.43. The molecule has 2 amide bonds. The number of methoxy groups -OCH3 is 2. The van der Waals surface area contributed by atoms with Crippen molar-refractivity contribution < 1.29 is 19.1 Å². The first kappa shape index (κ1) is 16.6. The van der Waals surface area contributed by atoms with Crippen molar-refractivity contribution >= 4 is 12.0 Å². The summed E-state index contributed by atoms with van der Waals surface area (Å²) in [6.07, 6.45) is 2.99. The Kier molecular flexibility index (Phi) is 4.92. The lowest BCUT2D eigenvalue weighted by molar-refractivity contribution is -0.138. The Morgan fingerprint density at radius 3 is 2.71 bits per heavy atom. The fourth-order valence-corrected chi connectivity index (χ4v) is 3.58. The Labute approximate surface area is 142 Å². The van der Waals surface area contributed by atoms with Crippen LogP contribution in [0.25, 0.3) is 0 Å². The van der Waals surface area contributed by atoms with Crippen LogP contribution in [0.4, 0.5) is 4.79 Å². The van der Waals surface area contributed by atoms with Gasteiger partial charge in [0.05, 0.1) is 14.2 Å². The summed E-state index contributed by atoms with van der Waals surface area (Å²) in [5.74, 6) is 0.874. The molecule has 6 heteroatoms. The van der Waals surface area contributed by atoms with Crippen LogP contribution in [0.15, 0.2) is 18.2 Å². The molecule has 0 saturated carbocycles. The molecule has 0 bridgehead atoms. The topological polar surface area (TPSA) is 59.1 Å². The number of piperidine rings is 1. The summed E-state index contributed by atoms with van der Waals surface area (Å²) >= 11 is 0. The van der Waals surface area contributed by atoms with Crippen LogP contribution in [0.2, 0.25) is 0 Å². The molecule has 0 aliphatic carbocycles. The first-order chi connectivity index (χ1) is 11.6. The highest BCUT2D eigenvalue weighted by molar-refractivity contribution is 5.86. The normalized spacial score (nSPS) is 20.3. The van der Waals surface area contributed by atoms with Crippen molar-refractivity contribution in [3.05, 3.63) is 29.3 Å². The Hall–Kier alpha value is -2.24. The van der Waals surface area contributed by atoms with Crippen LogP contribution in [0.3, 0.4) is 0 Å². The van der Waals surface area contributed by atoms with Gasteiger partial charge in [-0.3, -0.25) is 9.69 Å². The highest BCUT2D eigenvalue weighted by Crippen LogP contribution is 2.26. The van der Waals surface area contributed by atoms with Gasteiger partial charge < -0.3 is 14.4 Å². The van der Waals surface area contributed by atoms with Gasteiger partial charge in [0.15, 0.2) is 0 Å².